The Kier molecular flexibility index (Phi) is 2.61. The molecule has 0 bridgehead atoms. The van der Waals surface area contributed by atoms with Gasteiger partial charge in [-0.1, -0.05) is 0 Å². The van der Waals surface area contributed by atoms with Crippen LogP contribution in [0.25, 0.3) is 0 Å². The van der Waals surface area contributed by atoms with E-state index >= 15 is 0 Å². The standard InChI is InChI=1S/C10H10N2S.ClH/c1-2-10(8-3-4-13-6-8)12-7-11-5-9(1)12;/h3-7,10H,1-2H2;1H. The van der Waals surface area contributed by atoms with Crippen LogP contribution in [0, 0.1) is 0 Å². The fourth-order valence-corrected chi connectivity index (χ4v) is 2.73. The maximum atomic E-state index is 4.17. The molecule has 2 aromatic heterocycles. The average molecular weight is 227 g/mol. The van der Waals surface area contributed by atoms with Gasteiger partial charge >= 0.3 is 0 Å². The maximum Gasteiger partial charge on any atom is 0.0953 e. The normalized spacial score (nSPS) is 19.0. The number of halogens is 1. The Bertz CT molecular complexity index is 407. The van der Waals surface area contributed by atoms with Gasteiger partial charge in [0, 0.05) is 11.9 Å². The van der Waals surface area contributed by atoms with Crippen LogP contribution in [0.5, 0.6) is 0 Å². The second-order valence-corrected chi connectivity index (χ2v) is 4.18. The van der Waals surface area contributed by atoms with Crippen LogP contribution in [0.1, 0.15) is 23.7 Å². The Morgan fingerprint density at radius 1 is 1.50 bits per heavy atom. The van der Waals surface area contributed by atoms with E-state index in [0.717, 1.165) is 0 Å². The van der Waals surface area contributed by atoms with Gasteiger partial charge in [0.25, 0.3) is 0 Å². The number of thiophene rings is 1. The molecule has 0 aliphatic carbocycles. The van der Waals surface area contributed by atoms with E-state index in [0.29, 0.717) is 6.04 Å². The average Bonchev–Trinajstić information content (AvgIpc) is 2.79. The molecule has 1 unspecified atom stereocenters. The van der Waals surface area contributed by atoms with Crippen LogP contribution in [-0.4, -0.2) is 9.55 Å². The zero-order chi connectivity index (χ0) is 8.67. The van der Waals surface area contributed by atoms with Crippen LogP contribution in [0.15, 0.2) is 29.4 Å². The lowest BCUT2D eigenvalue weighted by Gasteiger charge is -2.10. The minimum Gasteiger partial charge on any atom is -0.327 e. The number of aryl methyl sites for hydroxylation is 1. The Hall–Kier alpha value is -0.800. The van der Waals surface area contributed by atoms with Gasteiger partial charge < -0.3 is 4.57 Å². The van der Waals surface area contributed by atoms with E-state index in [1.54, 1.807) is 11.3 Å². The van der Waals surface area contributed by atoms with Crippen molar-refractivity contribution >= 4 is 23.7 Å². The molecule has 2 aromatic rings. The smallest absolute Gasteiger partial charge is 0.0953 e. The van der Waals surface area contributed by atoms with Crippen molar-refractivity contribution in [2.45, 2.75) is 18.9 Å². The highest BCUT2D eigenvalue weighted by atomic mass is 35.5. The van der Waals surface area contributed by atoms with Gasteiger partial charge in [-0.05, 0) is 35.2 Å². The predicted octanol–water partition coefficient (Wildman–Crippen LogP) is 2.90. The minimum atomic E-state index is 0. The van der Waals surface area contributed by atoms with Crippen LogP contribution in [0.4, 0.5) is 0 Å². The number of imidazole rings is 1. The van der Waals surface area contributed by atoms with Crippen LogP contribution >= 0.6 is 23.7 Å². The van der Waals surface area contributed by atoms with Gasteiger partial charge in [0.2, 0.25) is 0 Å². The summed E-state index contributed by atoms with van der Waals surface area (Å²) in [6.07, 6.45) is 6.33. The molecule has 4 heteroatoms. The molecule has 0 amide bonds. The summed E-state index contributed by atoms with van der Waals surface area (Å²) in [6, 6.07) is 2.76. The van der Waals surface area contributed by atoms with E-state index in [4.69, 9.17) is 0 Å². The number of aromatic nitrogens is 2. The Balaban J connectivity index is 0.000000750. The molecule has 2 nitrogen and oxygen atoms in total. The molecule has 0 saturated carbocycles. The fraction of sp³-hybridized carbons (Fsp3) is 0.300. The van der Waals surface area contributed by atoms with Gasteiger partial charge in [-0.15, -0.1) is 12.4 Å². The van der Waals surface area contributed by atoms with E-state index in [-0.39, 0.29) is 12.4 Å². The first-order valence-corrected chi connectivity index (χ1v) is 5.42. The van der Waals surface area contributed by atoms with Crippen molar-refractivity contribution in [1.29, 1.82) is 0 Å². The van der Waals surface area contributed by atoms with Gasteiger partial charge in [-0.3, -0.25) is 0 Å². The van der Waals surface area contributed by atoms with Gasteiger partial charge in [-0.25, -0.2) is 4.98 Å². The predicted molar refractivity (Wildman–Crippen MR) is 60.3 cm³/mol. The number of nitrogens with zero attached hydrogens (tertiary/aromatic N) is 2. The van der Waals surface area contributed by atoms with Gasteiger partial charge in [0.1, 0.15) is 0 Å². The lowest BCUT2D eigenvalue weighted by atomic mass is 10.1. The van der Waals surface area contributed by atoms with Crippen molar-refractivity contribution in [3.8, 4) is 0 Å². The van der Waals surface area contributed by atoms with Crippen molar-refractivity contribution in [2.75, 3.05) is 0 Å². The quantitative estimate of drug-likeness (QED) is 0.731. The Morgan fingerprint density at radius 3 is 3.21 bits per heavy atom. The first-order chi connectivity index (χ1) is 6.45. The third kappa shape index (κ3) is 1.37. The SMILES string of the molecule is Cl.c1cc(C2CCc3cncn32)cs1. The van der Waals surface area contributed by atoms with Gasteiger partial charge in [-0.2, -0.15) is 11.3 Å². The van der Waals surface area contributed by atoms with Crippen LogP contribution in [0.3, 0.4) is 0 Å². The van der Waals surface area contributed by atoms with E-state index in [2.05, 4.69) is 26.4 Å². The first kappa shape index (κ1) is 9.74. The lowest BCUT2D eigenvalue weighted by molar-refractivity contribution is 0.618. The summed E-state index contributed by atoms with van der Waals surface area (Å²) in [7, 11) is 0. The summed E-state index contributed by atoms with van der Waals surface area (Å²) in [5.74, 6) is 0. The summed E-state index contributed by atoms with van der Waals surface area (Å²) in [6.45, 7) is 0. The largest absolute Gasteiger partial charge is 0.327 e. The molecule has 74 valence electrons. The number of hydrogen-bond acceptors (Lipinski definition) is 2. The highest BCUT2D eigenvalue weighted by Crippen LogP contribution is 2.32. The summed E-state index contributed by atoms with van der Waals surface area (Å²) >= 11 is 1.77. The zero-order valence-electron chi connectivity index (χ0n) is 7.59. The highest BCUT2D eigenvalue weighted by molar-refractivity contribution is 7.07. The van der Waals surface area contributed by atoms with Gasteiger partial charge in [0.15, 0.2) is 0 Å². The maximum absolute atomic E-state index is 4.17. The molecule has 3 rings (SSSR count). The molecule has 0 saturated heterocycles. The molecule has 0 N–H and O–H groups in total. The molecule has 0 spiro atoms. The summed E-state index contributed by atoms with van der Waals surface area (Å²) in [5, 5.41) is 4.38. The molecule has 0 fully saturated rings. The van der Waals surface area contributed by atoms with Crippen LogP contribution < -0.4 is 0 Å². The Labute approximate surface area is 93.0 Å². The van der Waals surface area contributed by atoms with Crippen molar-refractivity contribution in [2.24, 2.45) is 0 Å². The zero-order valence-corrected chi connectivity index (χ0v) is 9.22. The van der Waals surface area contributed by atoms with E-state index in [1.165, 1.54) is 24.1 Å². The Morgan fingerprint density at radius 2 is 2.43 bits per heavy atom. The molecule has 3 heterocycles. The second-order valence-electron chi connectivity index (χ2n) is 3.40. The fourth-order valence-electron chi connectivity index (χ4n) is 2.02. The van der Waals surface area contributed by atoms with Crippen molar-refractivity contribution < 1.29 is 0 Å². The topological polar surface area (TPSA) is 17.8 Å². The molecule has 0 radical (unpaired) electrons. The van der Waals surface area contributed by atoms with E-state index < -0.39 is 0 Å². The lowest BCUT2D eigenvalue weighted by Crippen LogP contribution is -2.02. The van der Waals surface area contributed by atoms with Gasteiger partial charge in [0.05, 0.1) is 12.4 Å². The third-order valence-electron chi connectivity index (χ3n) is 2.68. The van der Waals surface area contributed by atoms with Crippen molar-refractivity contribution in [3.63, 3.8) is 0 Å². The summed E-state index contributed by atoms with van der Waals surface area (Å²) in [4.78, 5) is 4.17. The molecule has 14 heavy (non-hydrogen) atoms. The molecule has 1 aliphatic heterocycles. The van der Waals surface area contributed by atoms with Crippen LogP contribution in [0.2, 0.25) is 0 Å². The first-order valence-electron chi connectivity index (χ1n) is 4.48. The van der Waals surface area contributed by atoms with E-state index in [9.17, 15) is 0 Å². The summed E-state index contributed by atoms with van der Waals surface area (Å²) < 4.78 is 2.29. The molecule has 1 atom stereocenters. The molecular formula is C10H11ClN2S. The van der Waals surface area contributed by atoms with E-state index in [1.807, 2.05) is 12.5 Å². The molecule has 0 aromatic carbocycles. The number of fused-ring (bicyclic) bond motifs is 1. The second kappa shape index (κ2) is 3.75. The third-order valence-corrected chi connectivity index (χ3v) is 3.39. The molecular weight excluding hydrogens is 216 g/mol. The summed E-state index contributed by atoms with van der Waals surface area (Å²) in [5.41, 5.74) is 2.80. The van der Waals surface area contributed by atoms with Crippen molar-refractivity contribution in [3.05, 3.63) is 40.6 Å². The highest BCUT2D eigenvalue weighted by Gasteiger charge is 2.22. The molecule has 1 aliphatic rings. The minimum absolute atomic E-state index is 0. The van der Waals surface area contributed by atoms with Crippen molar-refractivity contribution in [1.82, 2.24) is 9.55 Å². The number of rotatable bonds is 1. The number of hydrogen-bond donors (Lipinski definition) is 0. The van der Waals surface area contributed by atoms with Crippen LogP contribution in [-0.2, 0) is 6.42 Å². The monoisotopic (exact) mass is 226 g/mol.